The van der Waals surface area contributed by atoms with Gasteiger partial charge in [0, 0.05) is 27.5 Å². The van der Waals surface area contributed by atoms with Crippen LogP contribution in [0.2, 0.25) is 5.02 Å². The van der Waals surface area contributed by atoms with E-state index in [1.165, 1.54) is 0 Å². The molecule has 1 saturated carbocycles. The number of hydrogen-bond acceptors (Lipinski definition) is 3. The van der Waals surface area contributed by atoms with Gasteiger partial charge in [-0.3, -0.25) is 4.79 Å². The second kappa shape index (κ2) is 8.14. The zero-order valence-electron chi connectivity index (χ0n) is 16.1. The summed E-state index contributed by atoms with van der Waals surface area (Å²) >= 11 is 9.90. The Balaban J connectivity index is 1.80. The molecule has 1 aliphatic carbocycles. The molecule has 1 aliphatic rings. The van der Waals surface area contributed by atoms with E-state index in [1.54, 1.807) is 12.3 Å². The van der Waals surface area contributed by atoms with Crippen molar-refractivity contribution in [3.05, 3.63) is 38.2 Å². The van der Waals surface area contributed by atoms with Crippen molar-refractivity contribution in [3.63, 3.8) is 0 Å². The Morgan fingerprint density at radius 3 is 2.59 bits per heavy atom. The molecular weight excluding hydrogens is 428 g/mol. The first kappa shape index (κ1) is 20.7. The fourth-order valence-electron chi connectivity index (χ4n) is 4.52. The number of fused-ring (bicyclic) bond motifs is 1. The maximum Gasteiger partial charge on any atom is 0.255 e. The van der Waals surface area contributed by atoms with Crippen LogP contribution in [0.5, 0.6) is 5.75 Å². The van der Waals surface area contributed by atoms with E-state index in [0.29, 0.717) is 22.1 Å². The van der Waals surface area contributed by atoms with Crippen LogP contribution in [0.15, 0.2) is 27.6 Å². The van der Waals surface area contributed by atoms with Crippen molar-refractivity contribution in [3.8, 4) is 5.75 Å². The lowest BCUT2D eigenvalue weighted by Gasteiger charge is -2.47. The largest absolute Gasteiger partial charge is 0.489 e. The summed E-state index contributed by atoms with van der Waals surface area (Å²) in [6.07, 6.45) is 6.84. The van der Waals surface area contributed by atoms with Crippen LogP contribution >= 0.6 is 27.5 Å². The third kappa shape index (κ3) is 3.92. The first-order chi connectivity index (χ1) is 12.8. The molecule has 0 aliphatic heterocycles. The minimum absolute atomic E-state index is 0.122. The van der Waals surface area contributed by atoms with Gasteiger partial charge in [0.25, 0.3) is 5.56 Å². The summed E-state index contributed by atoms with van der Waals surface area (Å²) < 4.78 is 7.08. The zero-order valence-corrected chi connectivity index (χ0v) is 18.5. The van der Waals surface area contributed by atoms with Crippen LogP contribution in [-0.2, 0) is 0 Å². The summed E-state index contributed by atoms with van der Waals surface area (Å²) in [5.41, 5.74) is 6.53. The van der Waals surface area contributed by atoms with Crippen LogP contribution in [0.25, 0.3) is 10.8 Å². The van der Waals surface area contributed by atoms with Gasteiger partial charge in [0.05, 0.1) is 11.1 Å². The minimum atomic E-state index is -0.158. The third-order valence-corrected chi connectivity index (χ3v) is 7.34. The molecule has 1 aromatic heterocycles. The van der Waals surface area contributed by atoms with E-state index in [0.717, 1.165) is 42.0 Å². The second-order valence-corrected chi connectivity index (χ2v) is 9.28. The van der Waals surface area contributed by atoms with E-state index >= 15 is 0 Å². The molecule has 1 aromatic carbocycles. The molecule has 6 heteroatoms. The molecule has 148 valence electrons. The highest BCUT2D eigenvalue weighted by atomic mass is 79.9. The van der Waals surface area contributed by atoms with Gasteiger partial charge in [-0.05, 0) is 71.5 Å². The van der Waals surface area contributed by atoms with Crippen molar-refractivity contribution >= 4 is 38.3 Å². The van der Waals surface area contributed by atoms with E-state index in [4.69, 9.17) is 22.1 Å². The molecule has 0 unspecified atom stereocenters. The molecule has 27 heavy (non-hydrogen) atoms. The molecule has 0 spiro atoms. The summed E-state index contributed by atoms with van der Waals surface area (Å²) in [7, 11) is 0. The molecule has 1 atom stereocenters. The highest BCUT2D eigenvalue weighted by Gasteiger charge is 2.42. The Morgan fingerprint density at radius 1 is 1.33 bits per heavy atom. The molecule has 1 fully saturated rings. The SMILES string of the molecule is CC[C@H](N)C1(C(C)C)CCC(Oc2cc3c(Br)c[nH]c(=O)c3cc2Cl)CC1. The van der Waals surface area contributed by atoms with Gasteiger partial charge < -0.3 is 15.5 Å². The van der Waals surface area contributed by atoms with E-state index in [1.807, 2.05) is 6.07 Å². The maximum atomic E-state index is 12.0. The number of H-pyrrole nitrogens is 1. The van der Waals surface area contributed by atoms with Gasteiger partial charge >= 0.3 is 0 Å². The van der Waals surface area contributed by atoms with Gasteiger partial charge in [-0.2, -0.15) is 0 Å². The number of aromatic amines is 1. The Morgan fingerprint density at radius 2 is 2.00 bits per heavy atom. The number of hydrogen-bond donors (Lipinski definition) is 2. The summed E-state index contributed by atoms with van der Waals surface area (Å²) in [5.74, 6) is 1.19. The van der Waals surface area contributed by atoms with Crippen molar-refractivity contribution in [1.29, 1.82) is 0 Å². The normalized spacial score (nSPS) is 24.3. The van der Waals surface area contributed by atoms with Crippen LogP contribution in [0.4, 0.5) is 0 Å². The van der Waals surface area contributed by atoms with Gasteiger partial charge in [-0.25, -0.2) is 0 Å². The molecule has 1 heterocycles. The lowest BCUT2D eigenvalue weighted by atomic mass is 9.62. The molecule has 3 N–H and O–H groups in total. The topological polar surface area (TPSA) is 68.1 Å². The second-order valence-electron chi connectivity index (χ2n) is 8.01. The Labute approximate surface area is 173 Å². The Bertz CT molecular complexity index is 872. The van der Waals surface area contributed by atoms with Gasteiger partial charge in [-0.1, -0.05) is 32.4 Å². The summed E-state index contributed by atoms with van der Waals surface area (Å²) in [5, 5.41) is 1.83. The molecule has 0 saturated heterocycles. The number of pyridine rings is 1. The molecule has 4 nitrogen and oxygen atoms in total. The molecule has 0 bridgehead atoms. The summed E-state index contributed by atoms with van der Waals surface area (Å²) in [6, 6.07) is 3.77. The predicted octanol–water partition coefficient (Wildman–Crippen LogP) is 5.65. The van der Waals surface area contributed by atoms with Gasteiger partial charge in [0.15, 0.2) is 0 Å². The lowest BCUT2D eigenvalue weighted by Crippen LogP contribution is -2.48. The van der Waals surface area contributed by atoms with E-state index in [9.17, 15) is 4.79 Å². The molecule has 0 amide bonds. The van der Waals surface area contributed by atoms with Crippen LogP contribution < -0.4 is 16.0 Å². The smallest absolute Gasteiger partial charge is 0.255 e. The van der Waals surface area contributed by atoms with Crippen LogP contribution in [-0.4, -0.2) is 17.1 Å². The quantitative estimate of drug-likeness (QED) is 0.612. The zero-order chi connectivity index (χ0) is 19.8. The van der Waals surface area contributed by atoms with Crippen molar-refractivity contribution < 1.29 is 4.74 Å². The van der Waals surface area contributed by atoms with Crippen molar-refractivity contribution in [2.24, 2.45) is 17.1 Å². The molecule has 3 rings (SSSR count). The fourth-order valence-corrected chi connectivity index (χ4v) is 5.17. The number of ether oxygens (including phenoxy) is 1. The van der Waals surface area contributed by atoms with E-state index in [-0.39, 0.29) is 23.1 Å². The highest BCUT2D eigenvalue weighted by molar-refractivity contribution is 9.10. The summed E-state index contributed by atoms with van der Waals surface area (Å²) in [4.78, 5) is 14.7. The number of nitrogens with one attached hydrogen (secondary N) is 1. The van der Waals surface area contributed by atoms with Crippen LogP contribution in [0, 0.1) is 11.3 Å². The lowest BCUT2D eigenvalue weighted by molar-refractivity contribution is 0.0257. The average Bonchev–Trinajstić information content (AvgIpc) is 2.66. The first-order valence-electron chi connectivity index (χ1n) is 9.71. The number of aromatic nitrogens is 1. The maximum absolute atomic E-state index is 12.0. The number of halogens is 2. The number of nitrogens with two attached hydrogens (primary N) is 1. The third-order valence-electron chi connectivity index (χ3n) is 6.39. The van der Waals surface area contributed by atoms with E-state index < -0.39 is 0 Å². The monoisotopic (exact) mass is 454 g/mol. The first-order valence-corrected chi connectivity index (χ1v) is 10.9. The fraction of sp³-hybridized carbons (Fsp3) is 0.571. The van der Waals surface area contributed by atoms with Crippen molar-refractivity contribution in [2.75, 3.05) is 0 Å². The van der Waals surface area contributed by atoms with Gasteiger partial charge in [-0.15, -0.1) is 0 Å². The Hall–Kier alpha value is -1.04. The van der Waals surface area contributed by atoms with Gasteiger partial charge in [0.2, 0.25) is 0 Å². The van der Waals surface area contributed by atoms with E-state index in [2.05, 4.69) is 41.7 Å². The highest BCUT2D eigenvalue weighted by Crippen LogP contribution is 2.46. The summed E-state index contributed by atoms with van der Waals surface area (Å²) in [6.45, 7) is 6.74. The minimum Gasteiger partial charge on any atom is -0.489 e. The van der Waals surface area contributed by atoms with Crippen molar-refractivity contribution in [2.45, 2.75) is 65.0 Å². The van der Waals surface area contributed by atoms with Crippen molar-refractivity contribution in [1.82, 2.24) is 4.98 Å². The Kier molecular flexibility index (Phi) is 6.24. The molecule has 0 radical (unpaired) electrons. The number of rotatable bonds is 5. The van der Waals surface area contributed by atoms with Crippen LogP contribution in [0.1, 0.15) is 52.9 Å². The van der Waals surface area contributed by atoms with Gasteiger partial charge in [0.1, 0.15) is 5.75 Å². The average molecular weight is 456 g/mol. The molecule has 2 aromatic rings. The van der Waals surface area contributed by atoms with Crippen LogP contribution in [0.3, 0.4) is 0 Å². The molecular formula is C21H28BrClN2O2. The number of benzene rings is 1. The predicted molar refractivity (Wildman–Crippen MR) is 116 cm³/mol. The standard InChI is InChI=1S/C21H28BrClN2O2/c1-4-19(24)21(12(2)3)7-5-13(6-8-21)27-18-10-14-15(9-17(18)23)20(26)25-11-16(14)22/h9-13,19H,4-8,24H2,1-3H3,(H,25,26)/t13?,19-,21?/m0/s1.